The fourth-order valence-electron chi connectivity index (χ4n) is 3.68. The van der Waals surface area contributed by atoms with Gasteiger partial charge in [0, 0.05) is 11.9 Å². The first kappa shape index (κ1) is 15.8. The number of benzene rings is 4. The minimum absolute atomic E-state index is 0.0569. The summed E-state index contributed by atoms with van der Waals surface area (Å²) in [4.78, 5) is 17.8. The van der Waals surface area contributed by atoms with E-state index in [0.29, 0.717) is 5.56 Å². The van der Waals surface area contributed by atoms with Gasteiger partial charge in [0.15, 0.2) is 5.78 Å². The van der Waals surface area contributed by atoms with Crippen LogP contribution in [-0.2, 0) is 0 Å². The summed E-state index contributed by atoms with van der Waals surface area (Å²) in [7, 11) is 0. The number of nitrogens with zero attached hydrogens (tertiary/aromatic N) is 1. The van der Waals surface area contributed by atoms with E-state index >= 15 is 0 Å². The predicted octanol–water partition coefficient (Wildman–Crippen LogP) is 5.68. The first-order valence-corrected chi connectivity index (χ1v) is 9.06. The monoisotopic (exact) mass is 350 g/mol. The maximum absolute atomic E-state index is 13.3. The van der Waals surface area contributed by atoms with Crippen LogP contribution in [0.25, 0.3) is 21.5 Å². The van der Waals surface area contributed by atoms with E-state index in [-0.39, 0.29) is 5.78 Å². The number of carbonyl (C=O) groups is 1. The molecule has 0 aromatic heterocycles. The highest BCUT2D eigenvalue weighted by Crippen LogP contribution is 2.34. The zero-order valence-electron chi connectivity index (χ0n) is 14.9. The van der Waals surface area contributed by atoms with E-state index < -0.39 is 6.04 Å². The van der Waals surface area contributed by atoms with Crippen molar-refractivity contribution < 1.29 is 4.79 Å². The largest absolute Gasteiger partial charge is 0.371 e. The number of hydrogen-bond donors (Lipinski definition) is 1. The Morgan fingerprint density at radius 3 is 2.37 bits per heavy atom. The van der Waals surface area contributed by atoms with Crippen molar-refractivity contribution >= 4 is 44.9 Å². The third kappa shape index (κ3) is 2.68. The van der Waals surface area contributed by atoms with Crippen LogP contribution in [0.4, 0.5) is 11.4 Å². The van der Waals surface area contributed by atoms with Gasteiger partial charge < -0.3 is 5.32 Å². The summed E-state index contributed by atoms with van der Waals surface area (Å²) in [5.41, 5.74) is 3.54. The van der Waals surface area contributed by atoms with Gasteiger partial charge in [0.25, 0.3) is 0 Å². The standard InChI is InChI=1S/C24H18N2O/c1-15-6-9-19(10-7-15)26-22-14-25-21-11-8-18-12-16-4-2-3-5-17(16)13-20(18)23(21)24(22)27/h2-14,22,26H,1H3. The van der Waals surface area contributed by atoms with Crippen molar-refractivity contribution in [2.45, 2.75) is 13.0 Å². The lowest BCUT2D eigenvalue weighted by atomic mass is 9.92. The molecule has 0 saturated heterocycles. The normalized spacial score (nSPS) is 15.9. The van der Waals surface area contributed by atoms with E-state index in [2.05, 4.69) is 34.6 Å². The summed E-state index contributed by atoms with van der Waals surface area (Å²) >= 11 is 0. The number of nitrogens with one attached hydrogen (secondary N) is 1. The van der Waals surface area contributed by atoms with Crippen LogP contribution in [-0.4, -0.2) is 18.0 Å². The summed E-state index contributed by atoms with van der Waals surface area (Å²) in [6.45, 7) is 2.05. The van der Waals surface area contributed by atoms with Crippen LogP contribution in [0.3, 0.4) is 0 Å². The van der Waals surface area contributed by atoms with Crippen LogP contribution >= 0.6 is 0 Å². The number of fused-ring (bicyclic) bond motifs is 4. The highest BCUT2D eigenvalue weighted by molar-refractivity contribution is 6.23. The number of anilines is 1. The van der Waals surface area contributed by atoms with Gasteiger partial charge in [-0.15, -0.1) is 0 Å². The fourth-order valence-corrected chi connectivity index (χ4v) is 3.68. The van der Waals surface area contributed by atoms with Crippen LogP contribution in [0.5, 0.6) is 0 Å². The van der Waals surface area contributed by atoms with Crippen molar-refractivity contribution in [3.05, 3.63) is 83.9 Å². The Hall–Kier alpha value is -3.46. The molecule has 5 rings (SSSR count). The molecular weight excluding hydrogens is 332 g/mol. The lowest BCUT2D eigenvalue weighted by molar-refractivity contribution is 0.0992. The molecule has 0 fully saturated rings. The van der Waals surface area contributed by atoms with Crippen molar-refractivity contribution in [2.24, 2.45) is 4.99 Å². The molecule has 1 N–H and O–H groups in total. The van der Waals surface area contributed by atoms with Gasteiger partial charge in [-0.1, -0.05) is 48.0 Å². The van der Waals surface area contributed by atoms with Crippen molar-refractivity contribution in [3.63, 3.8) is 0 Å². The second-order valence-corrected chi connectivity index (χ2v) is 7.01. The molecule has 4 aromatic rings. The Bertz CT molecular complexity index is 1220. The molecule has 1 atom stereocenters. The maximum Gasteiger partial charge on any atom is 0.193 e. The molecule has 0 aliphatic carbocycles. The smallest absolute Gasteiger partial charge is 0.193 e. The molecule has 130 valence electrons. The van der Waals surface area contributed by atoms with E-state index in [1.54, 1.807) is 6.21 Å². The number of rotatable bonds is 2. The molecule has 1 heterocycles. The van der Waals surface area contributed by atoms with Crippen molar-refractivity contribution in [2.75, 3.05) is 5.32 Å². The summed E-state index contributed by atoms with van der Waals surface area (Å²) in [6, 6.07) is 24.0. The van der Waals surface area contributed by atoms with Gasteiger partial charge in [0.1, 0.15) is 6.04 Å². The SMILES string of the molecule is Cc1ccc(NC2C=Nc3ccc4cc5ccccc5cc4c3C2=O)cc1. The molecular formula is C24H18N2O. The third-order valence-electron chi connectivity index (χ3n) is 5.13. The first-order chi connectivity index (χ1) is 13.2. The average molecular weight is 350 g/mol. The topological polar surface area (TPSA) is 41.5 Å². The van der Waals surface area contributed by atoms with E-state index in [4.69, 9.17) is 0 Å². The number of Topliss-reactive ketones (excluding diaryl/α,β-unsaturated/α-hetero) is 1. The molecule has 1 aliphatic rings. The average Bonchev–Trinajstić information content (AvgIpc) is 2.70. The predicted molar refractivity (Wildman–Crippen MR) is 113 cm³/mol. The number of ketones is 1. The zero-order valence-corrected chi connectivity index (χ0v) is 14.9. The summed E-state index contributed by atoms with van der Waals surface area (Å²) in [5, 5.41) is 7.63. The van der Waals surface area contributed by atoms with Crippen LogP contribution < -0.4 is 5.32 Å². The number of hydrogen-bond acceptors (Lipinski definition) is 3. The number of aryl methyl sites for hydroxylation is 1. The molecule has 0 radical (unpaired) electrons. The lowest BCUT2D eigenvalue weighted by Gasteiger charge is -2.21. The molecule has 0 bridgehead atoms. The molecule has 0 saturated carbocycles. The van der Waals surface area contributed by atoms with Gasteiger partial charge in [-0.3, -0.25) is 9.79 Å². The Morgan fingerprint density at radius 1 is 0.852 bits per heavy atom. The fraction of sp³-hybridized carbons (Fsp3) is 0.0833. The quantitative estimate of drug-likeness (QED) is 0.473. The molecule has 1 aliphatic heterocycles. The highest BCUT2D eigenvalue weighted by Gasteiger charge is 2.26. The van der Waals surface area contributed by atoms with Crippen molar-refractivity contribution in [3.8, 4) is 0 Å². The van der Waals surface area contributed by atoms with Gasteiger partial charge in [-0.05, 0) is 58.8 Å². The molecule has 4 aromatic carbocycles. The molecule has 0 amide bonds. The van der Waals surface area contributed by atoms with Gasteiger partial charge in [-0.25, -0.2) is 0 Å². The van der Waals surface area contributed by atoms with E-state index in [1.807, 2.05) is 55.5 Å². The molecule has 27 heavy (non-hydrogen) atoms. The van der Waals surface area contributed by atoms with Gasteiger partial charge >= 0.3 is 0 Å². The third-order valence-corrected chi connectivity index (χ3v) is 5.13. The van der Waals surface area contributed by atoms with Gasteiger partial charge in [-0.2, -0.15) is 0 Å². The lowest BCUT2D eigenvalue weighted by Crippen LogP contribution is -2.33. The Balaban J connectivity index is 1.61. The van der Waals surface area contributed by atoms with E-state index in [0.717, 1.165) is 27.5 Å². The zero-order chi connectivity index (χ0) is 18.4. The second kappa shape index (κ2) is 6.06. The van der Waals surface area contributed by atoms with Crippen LogP contribution in [0, 0.1) is 6.92 Å². The van der Waals surface area contributed by atoms with E-state index in [9.17, 15) is 4.79 Å². The summed E-state index contributed by atoms with van der Waals surface area (Å²) in [6.07, 6.45) is 1.71. The Labute approximate surface area is 157 Å². The van der Waals surface area contributed by atoms with Crippen molar-refractivity contribution in [1.82, 2.24) is 0 Å². The summed E-state index contributed by atoms with van der Waals surface area (Å²) < 4.78 is 0. The Morgan fingerprint density at radius 2 is 1.59 bits per heavy atom. The number of aliphatic imine (C=N–C) groups is 1. The molecule has 3 nitrogen and oxygen atoms in total. The second-order valence-electron chi connectivity index (χ2n) is 7.01. The molecule has 0 spiro atoms. The van der Waals surface area contributed by atoms with Gasteiger partial charge in [0.2, 0.25) is 0 Å². The Kier molecular flexibility index (Phi) is 3.54. The first-order valence-electron chi connectivity index (χ1n) is 9.06. The summed E-state index contributed by atoms with van der Waals surface area (Å²) in [5.74, 6) is 0.0569. The van der Waals surface area contributed by atoms with Crippen LogP contribution in [0.2, 0.25) is 0 Å². The minimum Gasteiger partial charge on any atom is -0.371 e. The van der Waals surface area contributed by atoms with Crippen molar-refractivity contribution in [1.29, 1.82) is 0 Å². The maximum atomic E-state index is 13.3. The number of carbonyl (C=O) groups excluding carboxylic acids is 1. The highest BCUT2D eigenvalue weighted by atomic mass is 16.1. The molecule has 1 unspecified atom stereocenters. The van der Waals surface area contributed by atoms with Crippen LogP contribution in [0.1, 0.15) is 15.9 Å². The van der Waals surface area contributed by atoms with E-state index in [1.165, 1.54) is 10.9 Å². The molecule has 3 heteroatoms. The van der Waals surface area contributed by atoms with Gasteiger partial charge in [0.05, 0.1) is 11.3 Å². The minimum atomic E-state index is -0.461. The van der Waals surface area contributed by atoms with Crippen LogP contribution in [0.15, 0.2) is 77.8 Å².